The Morgan fingerprint density at radius 1 is 1.00 bits per heavy atom. The zero-order valence-corrected chi connectivity index (χ0v) is 18.7. The molecule has 0 aromatic carbocycles. The summed E-state index contributed by atoms with van der Waals surface area (Å²) in [7, 11) is 0. The first-order chi connectivity index (χ1) is 14.8. The van der Waals surface area contributed by atoms with Gasteiger partial charge in [-0.3, -0.25) is 4.90 Å². The van der Waals surface area contributed by atoms with E-state index >= 15 is 0 Å². The predicted octanol–water partition coefficient (Wildman–Crippen LogP) is 2.09. The first kappa shape index (κ1) is 21.6. The van der Waals surface area contributed by atoms with Gasteiger partial charge in [-0.2, -0.15) is 0 Å². The molecule has 0 radical (unpaired) electrons. The molecule has 1 aliphatic carbocycles. The van der Waals surface area contributed by atoms with Crippen LogP contribution in [-0.2, 0) is 24.2 Å². The summed E-state index contributed by atoms with van der Waals surface area (Å²) in [6.45, 7) is 9.32. The quantitative estimate of drug-likeness (QED) is 0.545. The molecule has 0 spiro atoms. The fourth-order valence-corrected chi connectivity index (χ4v) is 5.25. The van der Waals surface area contributed by atoms with Crippen LogP contribution >= 0.6 is 0 Å². The zero-order chi connectivity index (χ0) is 20.7. The lowest BCUT2D eigenvalue weighted by Crippen LogP contribution is -2.60. The molecule has 168 valence electrons. The van der Waals surface area contributed by atoms with E-state index in [2.05, 4.69) is 37.2 Å². The van der Waals surface area contributed by atoms with Crippen LogP contribution < -0.4 is 10.6 Å². The van der Waals surface area contributed by atoms with Gasteiger partial charge in [0.2, 0.25) is 0 Å². The summed E-state index contributed by atoms with van der Waals surface area (Å²) in [5, 5.41) is 16.0. The lowest BCUT2D eigenvalue weighted by molar-refractivity contribution is -0.0352. The monoisotopic (exact) mass is 417 g/mol. The maximum Gasteiger partial charge on any atom is 0.191 e. The fraction of sp³-hybridized carbons (Fsp3) is 0.864. The van der Waals surface area contributed by atoms with Crippen molar-refractivity contribution in [1.29, 1.82) is 0 Å². The third-order valence-corrected chi connectivity index (χ3v) is 6.96. The Morgan fingerprint density at radius 3 is 2.60 bits per heavy atom. The second kappa shape index (κ2) is 10.6. The van der Waals surface area contributed by atoms with Crippen LogP contribution in [0.5, 0.6) is 0 Å². The van der Waals surface area contributed by atoms with Gasteiger partial charge in [-0.25, -0.2) is 4.99 Å². The Balaban J connectivity index is 1.42. The Bertz CT molecular complexity index is 690. The van der Waals surface area contributed by atoms with E-state index in [4.69, 9.17) is 9.73 Å². The van der Waals surface area contributed by atoms with Crippen molar-refractivity contribution in [3.8, 4) is 0 Å². The molecule has 8 nitrogen and oxygen atoms in total. The van der Waals surface area contributed by atoms with Gasteiger partial charge in [-0.1, -0.05) is 25.7 Å². The molecular formula is C22H39N7O. The molecule has 0 amide bonds. The Morgan fingerprint density at radius 2 is 1.80 bits per heavy atom. The second-order valence-corrected chi connectivity index (χ2v) is 8.93. The van der Waals surface area contributed by atoms with Crippen LogP contribution in [0.25, 0.3) is 0 Å². The van der Waals surface area contributed by atoms with Crippen molar-refractivity contribution in [3.63, 3.8) is 0 Å². The summed E-state index contributed by atoms with van der Waals surface area (Å²) in [4.78, 5) is 7.55. The van der Waals surface area contributed by atoms with Crippen LogP contribution in [0.2, 0.25) is 0 Å². The highest BCUT2D eigenvalue weighted by atomic mass is 16.5. The molecule has 1 aromatic rings. The van der Waals surface area contributed by atoms with Gasteiger partial charge in [0.15, 0.2) is 11.8 Å². The van der Waals surface area contributed by atoms with Crippen LogP contribution in [0.1, 0.15) is 69.9 Å². The SMILES string of the molecule is CCNC(=NCc1nnc2n1CCCCC2)NCC1(N2CCOCC2)CCCCC1. The van der Waals surface area contributed by atoms with Crippen molar-refractivity contribution in [1.82, 2.24) is 30.3 Å². The summed E-state index contributed by atoms with van der Waals surface area (Å²) in [5.41, 5.74) is 0.226. The summed E-state index contributed by atoms with van der Waals surface area (Å²) in [6, 6.07) is 0. The third kappa shape index (κ3) is 5.14. The number of aryl methyl sites for hydroxylation is 1. The van der Waals surface area contributed by atoms with E-state index in [9.17, 15) is 0 Å². The van der Waals surface area contributed by atoms with Crippen LogP contribution in [0.15, 0.2) is 4.99 Å². The van der Waals surface area contributed by atoms with Crippen molar-refractivity contribution < 1.29 is 4.74 Å². The highest BCUT2D eigenvalue weighted by molar-refractivity contribution is 5.79. The van der Waals surface area contributed by atoms with Crippen LogP contribution in [0, 0.1) is 0 Å². The third-order valence-electron chi connectivity index (χ3n) is 6.96. The van der Waals surface area contributed by atoms with Gasteiger partial charge in [0.05, 0.1) is 13.2 Å². The molecule has 3 heterocycles. The number of ether oxygens (including phenoxy) is 1. The molecule has 4 rings (SSSR count). The highest BCUT2D eigenvalue weighted by Gasteiger charge is 2.38. The Kier molecular flexibility index (Phi) is 7.60. The molecule has 1 saturated carbocycles. The molecule has 0 atom stereocenters. The highest BCUT2D eigenvalue weighted by Crippen LogP contribution is 2.33. The van der Waals surface area contributed by atoms with Gasteiger partial charge in [0.25, 0.3) is 0 Å². The molecule has 3 aliphatic rings. The average Bonchev–Trinajstić information content (AvgIpc) is 3.02. The molecule has 1 saturated heterocycles. The number of rotatable bonds is 6. The molecule has 0 bridgehead atoms. The fourth-order valence-electron chi connectivity index (χ4n) is 5.25. The first-order valence-electron chi connectivity index (χ1n) is 12.1. The van der Waals surface area contributed by atoms with Crippen LogP contribution in [0.3, 0.4) is 0 Å². The van der Waals surface area contributed by atoms with Gasteiger partial charge in [-0.15, -0.1) is 10.2 Å². The van der Waals surface area contributed by atoms with Crippen LogP contribution in [-0.4, -0.2) is 70.6 Å². The average molecular weight is 418 g/mol. The lowest BCUT2D eigenvalue weighted by Gasteiger charge is -2.48. The maximum absolute atomic E-state index is 5.62. The number of hydrogen-bond acceptors (Lipinski definition) is 5. The standard InChI is InChI=1S/C22H39N7O/c1-2-23-21(24-17-20-27-26-19-9-5-3-8-12-29(19)20)25-18-22(10-6-4-7-11-22)28-13-15-30-16-14-28/h2-18H2,1H3,(H2,23,24,25). The smallest absolute Gasteiger partial charge is 0.191 e. The van der Waals surface area contributed by atoms with Gasteiger partial charge in [-0.05, 0) is 32.6 Å². The summed E-state index contributed by atoms with van der Waals surface area (Å²) < 4.78 is 7.91. The first-order valence-corrected chi connectivity index (χ1v) is 12.1. The van der Waals surface area contributed by atoms with Crippen molar-refractivity contribution in [2.75, 3.05) is 39.4 Å². The molecule has 2 N–H and O–H groups in total. The molecular weight excluding hydrogens is 378 g/mol. The predicted molar refractivity (Wildman–Crippen MR) is 119 cm³/mol. The number of hydrogen-bond donors (Lipinski definition) is 2. The summed E-state index contributed by atoms with van der Waals surface area (Å²) in [6.07, 6.45) is 11.3. The molecule has 8 heteroatoms. The molecule has 2 aliphatic heterocycles. The van der Waals surface area contributed by atoms with Gasteiger partial charge in [0.1, 0.15) is 12.4 Å². The molecule has 30 heavy (non-hydrogen) atoms. The van der Waals surface area contributed by atoms with E-state index in [0.29, 0.717) is 6.54 Å². The molecule has 1 aromatic heterocycles. The zero-order valence-electron chi connectivity index (χ0n) is 18.7. The van der Waals surface area contributed by atoms with Gasteiger partial charge < -0.3 is 19.9 Å². The lowest BCUT2D eigenvalue weighted by atomic mass is 9.80. The number of guanidine groups is 1. The number of nitrogens with zero attached hydrogens (tertiary/aromatic N) is 5. The van der Waals surface area contributed by atoms with Crippen molar-refractivity contribution in [3.05, 3.63) is 11.6 Å². The molecule has 0 unspecified atom stereocenters. The summed E-state index contributed by atoms with van der Waals surface area (Å²) in [5.74, 6) is 3.01. The minimum absolute atomic E-state index is 0.226. The minimum Gasteiger partial charge on any atom is -0.379 e. The van der Waals surface area contributed by atoms with Crippen molar-refractivity contribution in [2.24, 2.45) is 4.99 Å². The van der Waals surface area contributed by atoms with Crippen molar-refractivity contribution >= 4 is 5.96 Å². The summed E-state index contributed by atoms with van der Waals surface area (Å²) >= 11 is 0. The topological polar surface area (TPSA) is 79.6 Å². The van der Waals surface area contributed by atoms with Gasteiger partial charge >= 0.3 is 0 Å². The Hall–Kier alpha value is -1.67. The normalized spacial score (nSPS) is 22.9. The Labute approximate surface area is 180 Å². The van der Waals surface area contributed by atoms with E-state index in [1.807, 2.05) is 0 Å². The van der Waals surface area contributed by atoms with Gasteiger partial charge in [0, 0.05) is 44.7 Å². The van der Waals surface area contributed by atoms with E-state index < -0.39 is 0 Å². The number of aromatic nitrogens is 3. The number of nitrogens with one attached hydrogen (secondary N) is 2. The van der Waals surface area contributed by atoms with Crippen LogP contribution in [0.4, 0.5) is 0 Å². The maximum atomic E-state index is 5.62. The van der Waals surface area contributed by atoms with E-state index in [1.54, 1.807) is 0 Å². The second-order valence-electron chi connectivity index (χ2n) is 8.93. The molecule has 2 fully saturated rings. The largest absolute Gasteiger partial charge is 0.379 e. The van der Waals surface area contributed by atoms with Crippen molar-refractivity contribution in [2.45, 2.75) is 83.3 Å². The minimum atomic E-state index is 0.226. The van der Waals surface area contributed by atoms with E-state index in [1.165, 1.54) is 51.4 Å². The number of aliphatic imine (C=N–C) groups is 1. The van der Waals surface area contributed by atoms with E-state index in [-0.39, 0.29) is 5.54 Å². The number of fused-ring (bicyclic) bond motifs is 1. The van der Waals surface area contributed by atoms with E-state index in [0.717, 1.165) is 70.0 Å². The number of morpholine rings is 1.